The van der Waals surface area contributed by atoms with E-state index in [-0.39, 0.29) is 11.9 Å². The van der Waals surface area contributed by atoms with Crippen molar-refractivity contribution in [2.24, 2.45) is 0 Å². The van der Waals surface area contributed by atoms with E-state index in [1.807, 2.05) is 36.8 Å². The quantitative estimate of drug-likeness (QED) is 0.887. The largest absolute Gasteiger partial charge is 0.480 e. The molecule has 2 aromatic rings. The minimum absolute atomic E-state index is 0.119. The summed E-state index contributed by atoms with van der Waals surface area (Å²) >= 11 is 1.35. The van der Waals surface area contributed by atoms with Crippen LogP contribution in [0.3, 0.4) is 0 Å². The Morgan fingerprint density at radius 2 is 2.24 bits per heavy atom. The van der Waals surface area contributed by atoms with Gasteiger partial charge in [0.05, 0.1) is 4.88 Å². The number of amides is 1. The predicted octanol–water partition coefficient (Wildman–Crippen LogP) is 2.33. The SMILES string of the molecule is CN(Cc1cccnc1)[C@H]1CCN(C(=O)c2cccs2)[C@@H](C(=O)O)C1. The third-order valence-electron chi connectivity index (χ3n) is 4.63. The van der Waals surface area contributed by atoms with E-state index in [4.69, 9.17) is 0 Å². The van der Waals surface area contributed by atoms with Crippen LogP contribution in [0.5, 0.6) is 0 Å². The molecule has 1 aliphatic heterocycles. The number of carbonyl (C=O) groups is 2. The van der Waals surface area contributed by atoms with Gasteiger partial charge < -0.3 is 10.0 Å². The highest BCUT2D eigenvalue weighted by molar-refractivity contribution is 7.12. The molecule has 3 heterocycles. The zero-order valence-electron chi connectivity index (χ0n) is 14.0. The van der Waals surface area contributed by atoms with Crippen LogP contribution in [0, 0.1) is 0 Å². The molecular formula is C18H21N3O3S. The first-order chi connectivity index (χ1) is 12.1. The maximum absolute atomic E-state index is 12.6. The van der Waals surface area contributed by atoms with E-state index in [1.54, 1.807) is 12.3 Å². The molecule has 0 aliphatic carbocycles. The third-order valence-corrected chi connectivity index (χ3v) is 5.49. The van der Waals surface area contributed by atoms with E-state index < -0.39 is 12.0 Å². The number of carboxylic acid groups (broad SMARTS) is 1. The van der Waals surface area contributed by atoms with Gasteiger partial charge in [-0.3, -0.25) is 14.7 Å². The highest BCUT2D eigenvalue weighted by Gasteiger charge is 2.38. The van der Waals surface area contributed by atoms with Gasteiger partial charge in [0, 0.05) is 31.5 Å². The molecule has 0 unspecified atom stereocenters. The zero-order valence-corrected chi connectivity index (χ0v) is 14.9. The molecule has 1 amide bonds. The lowest BCUT2D eigenvalue weighted by Crippen LogP contribution is -2.54. The van der Waals surface area contributed by atoms with Gasteiger partial charge in [-0.1, -0.05) is 12.1 Å². The molecule has 2 aromatic heterocycles. The van der Waals surface area contributed by atoms with Crippen LogP contribution in [0.2, 0.25) is 0 Å². The first-order valence-corrected chi connectivity index (χ1v) is 9.10. The standard InChI is InChI=1S/C18H21N3O3S/c1-20(12-13-4-2-7-19-11-13)14-6-8-21(15(10-14)18(23)24)17(22)16-5-3-9-25-16/h2-5,7,9,11,14-15H,6,8,10,12H2,1H3,(H,23,24)/t14-,15+/m0/s1. The Labute approximate surface area is 150 Å². The van der Waals surface area contributed by atoms with Gasteiger partial charge in [-0.15, -0.1) is 11.3 Å². The topological polar surface area (TPSA) is 73.7 Å². The Morgan fingerprint density at radius 1 is 1.40 bits per heavy atom. The highest BCUT2D eigenvalue weighted by Crippen LogP contribution is 2.25. The molecule has 0 radical (unpaired) electrons. The Hall–Kier alpha value is -2.25. The van der Waals surface area contributed by atoms with Crippen molar-refractivity contribution in [3.05, 3.63) is 52.5 Å². The summed E-state index contributed by atoms with van der Waals surface area (Å²) in [6.45, 7) is 1.17. The minimum atomic E-state index is -0.940. The molecule has 7 heteroatoms. The molecule has 3 rings (SSSR count). The van der Waals surface area contributed by atoms with Gasteiger partial charge in [0.15, 0.2) is 0 Å². The van der Waals surface area contributed by atoms with Gasteiger partial charge in [-0.2, -0.15) is 0 Å². The van der Waals surface area contributed by atoms with E-state index >= 15 is 0 Å². The number of rotatable bonds is 5. The third kappa shape index (κ3) is 4.05. The maximum atomic E-state index is 12.6. The van der Waals surface area contributed by atoms with Crippen molar-refractivity contribution in [2.75, 3.05) is 13.6 Å². The van der Waals surface area contributed by atoms with E-state index in [0.29, 0.717) is 24.4 Å². The van der Waals surface area contributed by atoms with Gasteiger partial charge in [0.25, 0.3) is 5.91 Å². The maximum Gasteiger partial charge on any atom is 0.326 e. The summed E-state index contributed by atoms with van der Waals surface area (Å²) < 4.78 is 0. The van der Waals surface area contributed by atoms with Gasteiger partial charge in [0.2, 0.25) is 0 Å². The van der Waals surface area contributed by atoms with Crippen LogP contribution < -0.4 is 0 Å². The smallest absolute Gasteiger partial charge is 0.326 e. The van der Waals surface area contributed by atoms with Crippen LogP contribution in [-0.4, -0.2) is 57.4 Å². The lowest BCUT2D eigenvalue weighted by atomic mass is 9.95. The molecule has 25 heavy (non-hydrogen) atoms. The molecule has 1 saturated heterocycles. The molecule has 0 bridgehead atoms. The van der Waals surface area contributed by atoms with E-state index in [9.17, 15) is 14.7 Å². The van der Waals surface area contributed by atoms with Gasteiger partial charge in [-0.05, 0) is 43.0 Å². The molecule has 6 nitrogen and oxygen atoms in total. The van der Waals surface area contributed by atoms with E-state index in [1.165, 1.54) is 16.2 Å². The normalized spacial score (nSPS) is 20.6. The van der Waals surface area contributed by atoms with Crippen LogP contribution in [-0.2, 0) is 11.3 Å². The molecule has 132 valence electrons. The van der Waals surface area contributed by atoms with Crippen molar-refractivity contribution in [2.45, 2.75) is 31.5 Å². The summed E-state index contributed by atoms with van der Waals surface area (Å²) in [6, 6.07) is 6.78. The minimum Gasteiger partial charge on any atom is -0.480 e. The average molecular weight is 359 g/mol. The Bertz CT molecular complexity index is 720. The molecule has 1 aliphatic rings. The summed E-state index contributed by atoms with van der Waals surface area (Å²) in [7, 11) is 1.99. The second-order valence-electron chi connectivity index (χ2n) is 6.28. The number of carboxylic acids is 1. The fraction of sp³-hybridized carbons (Fsp3) is 0.389. The fourth-order valence-corrected chi connectivity index (χ4v) is 3.95. The number of nitrogens with zero attached hydrogens (tertiary/aromatic N) is 3. The van der Waals surface area contributed by atoms with Crippen molar-refractivity contribution in [1.82, 2.24) is 14.8 Å². The number of hydrogen-bond donors (Lipinski definition) is 1. The van der Waals surface area contributed by atoms with Gasteiger partial charge >= 0.3 is 5.97 Å². The summed E-state index contributed by atoms with van der Waals surface area (Å²) in [5, 5.41) is 11.5. The summed E-state index contributed by atoms with van der Waals surface area (Å²) in [5.41, 5.74) is 1.09. The number of hydrogen-bond acceptors (Lipinski definition) is 5. The lowest BCUT2D eigenvalue weighted by molar-refractivity contribution is -0.144. The second kappa shape index (κ2) is 7.76. The summed E-state index contributed by atoms with van der Waals surface area (Å²) in [5.74, 6) is -1.12. The van der Waals surface area contributed by atoms with Gasteiger partial charge in [0.1, 0.15) is 6.04 Å². The van der Waals surface area contributed by atoms with E-state index in [0.717, 1.165) is 12.0 Å². The van der Waals surface area contributed by atoms with Crippen LogP contribution >= 0.6 is 11.3 Å². The van der Waals surface area contributed by atoms with Crippen LogP contribution in [0.4, 0.5) is 0 Å². The van der Waals surface area contributed by atoms with Crippen LogP contribution in [0.1, 0.15) is 28.1 Å². The predicted molar refractivity (Wildman–Crippen MR) is 95.5 cm³/mol. The average Bonchev–Trinajstić information content (AvgIpc) is 3.16. The van der Waals surface area contributed by atoms with E-state index in [2.05, 4.69) is 9.88 Å². The van der Waals surface area contributed by atoms with Crippen molar-refractivity contribution >= 4 is 23.2 Å². The molecule has 0 aromatic carbocycles. The van der Waals surface area contributed by atoms with Crippen molar-refractivity contribution in [1.29, 1.82) is 0 Å². The first-order valence-electron chi connectivity index (χ1n) is 8.22. The number of aliphatic carboxylic acids is 1. The zero-order chi connectivity index (χ0) is 17.8. The molecule has 0 saturated carbocycles. The summed E-state index contributed by atoms with van der Waals surface area (Å²) in [4.78, 5) is 32.7. The van der Waals surface area contributed by atoms with Crippen LogP contribution in [0.15, 0.2) is 42.0 Å². The number of carbonyl (C=O) groups excluding carboxylic acids is 1. The molecule has 2 atom stereocenters. The number of likely N-dealkylation sites (tertiary alicyclic amines) is 1. The fourth-order valence-electron chi connectivity index (χ4n) is 3.27. The van der Waals surface area contributed by atoms with Crippen molar-refractivity contribution in [3.63, 3.8) is 0 Å². The van der Waals surface area contributed by atoms with Crippen molar-refractivity contribution in [3.8, 4) is 0 Å². The molecule has 1 fully saturated rings. The summed E-state index contributed by atoms with van der Waals surface area (Å²) in [6.07, 6.45) is 4.75. The number of pyridine rings is 1. The lowest BCUT2D eigenvalue weighted by Gasteiger charge is -2.40. The molecule has 0 spiro atoms. The number of aromatic nitrogens is 1. The second-order valence-corrected chi connectivity index (χ2v) is 7.23. The highest BCUT2D eigenvalue weighted by atomic mass is 32.1. The Balaban J connectivity index is 1.68. The van der Waals surface area contributed by atoms with Crippen molar-refractivity contribution < 1.29 is 14.7 Å². The first kappa shape index (κ1) is 17.6. The molecule has 1 N–H and O–H groups in total. The van der Waals surface area contributed by atoms with Crippen LogP contribution in [0.25, 0.3) is 0 Å². The number of thiophene rings is 1. The Morgan fingerprint density at radius 3 is 2.88 bits per heavy atom. The monoisotopic (exact) mass is 359 g/mol. The number of piperidine rings is 1. The molecular weight excluding hydrogens is 338 g/mol. The van der Waals surface area contributed by atoms with Gasteiger partial charge in [-0.25, -0.2) is 4.79 Å². The Kier molecular flexibility index (Phi) is 5.45.